The molecule has 0 fully saturated rings. The van der Waals surface area contributed by atoms with Gasteiger partial charge in [-0.15, -0.1) is 0 Å². The van der Waals surface area contributed by atoms with Crippen LogP contribution in [0.25, 0.3) is 61.1 Å². The van der Waals surface area contributed by atoms with E-state index in [-0.39, 0.29) is 6.04 Å². The zero-order valence-corrected chi connectivity index (χ0v) is 38.7. The molecular weight excluding hydrogens is 835 g/mol. The van der Waals surface area contributed by atoms with Crippen molar-refractivity contribution in [3.8, 4) is 33.4 Å². The van der Waals surface area contributed by atoms with Crippen LogP contribution in [-0.4, -0.2) is 13.8 Å². The Morgan fingerprint density at radius 3 is 1.51 bits per heavy atom. The molecule has 0 N–H and O–H groups in total. The van der Waals surface area contributed by atoms with Crippen molar-refractivity contribution in [3.05, 3.63) is 294 Å². The molecule has 0 spiro atoms. The summed E-state index contributed by atoms with van der Waals surface area (Å²) < 4.78 is 0. The Kier molecular flexibility index (Phi) is 11.9. The number of nitrogens with zero attached hydrogens (tertiary/aromatic N) is 3. The Hall–Kier alpha value is -8.79. The maximum atomic E-state index is 4.74. The number of hydrogen-bond acceptors (Lipinski definition) is 3. The van der Waals surface area contributed by atoms with Gasteiger partial charge in [0.05, 0.1) is 23.1 Å². The van der Waals surface area contributed by atoms with Gasteiger partial charge in [-0.25, -0.2) is 0 Å². The maximum Gasteiger partial charge on any atom is 0.0937 e. The van der Waals surface area contributed by atoms with Gasteiger partial charge < -0.3 is 9.80 Å². The number of anilines is 2. The molecule has 1 heterocycles. The number of aliphatic imine (C=N–C) groups is 1. The van der Waals surface area contributed by atoms with E-state index in [9.17, 15) is 0 Å². The molecule has 0 aromatic heterocycles. The smallest absolute Gasteiger partial charge is 0.0937 e. The first-order chi connectivity index (χ1) is 34.1. The fourth-order valence-corrected chi connectivity index (χ4v) is 10.0. The van der Waals surface area contributed by atoms with Crippen LogP contribution in [0.3, 0.4) is 0 Å². The van der Waals surface area contributed by atoms with E-state index in [0.29, 0.717) is 6.54 Å². The Morgan fingerprint density at radius 2 is 0.928 bits per heavy atom. The van der Waals surface area contributed by atoms with Crippen molar-refractivity contribution < 1.29 is 0 Å². The lowest BCUT2D eigenvalue weighted by atomic mass is 9.83. The summed E-state index contributed by atoms with van der Waals surface area (Å²) in [5, 5.41) is 2.43. The molecule has 3 heteroatoms. The van der Waals surface area contributed by atoms with Crippen LogP contribution in [0.15, 0.2) is 266 Å². The highest BCUT2D eigenvalue weighted by Crippen LogP contribution is 2.49. The first kappa shape index (κ1) is 42.8. The monoisotopic (exact) mass is 885 g/mol. The Morgan fingerprint density at radius 1 is 0.464 bits per heavy atom. The largest absolute Gasteiger partial charge is 0.363 e. The summed E-state index contributed by atoms with van der Waals surface area (Å²) in [6.07, 6.45) is 2.47. The first-order valence-electron chi connectivity index (χ1n) is 23.7. The Balaban J connectivity index is 1.05. The zero-order valence-electron chi connectivity index (χ0n) is 38.7. The van der Waals surface area contributed by atoms with Gasteiger partial charge in [-0.2, -0.15) is 0 Å². The minimum Gasteiger partial charge on any atom is -0.363 e. The van der Waals surface area contributed by atoms with E-state index in [1.165, 1.54) is 72.1 Å². The van der Waals surface area contributed by atoms with Crippen molar-refractivity contribution in [2.45, 2.75) is 12.6 Å². The van der Waals surface area contributed by atoms with E-state index in [2.05, 4.69) is 278 Å². The summed E-state index contributed by atoms with van der Waals surface area (Å²) in [6.45, 7) is 4.77. The van der Waals surface area contributed by atoms with Crippen molar-refractivity contribution in [3.63, 3.8) is 0 Å². The molecule has 3 nitrogen and oxygen atoms in total. The van der Waals surface area contributed by atoms with Crippen LogP contribution < -0.4 is 9.80 Å². The van der Waals surface area contributed by atoms with E-state index in [4.69, 9.17) is 4.99 Å². The van der Waals surface area contributed by atoms with Gasteiger partial charge in [-0.1, -0.05) is 237 Å². The summed E-state index contributed by atoms with van der Waals surface area (Å²) in [7, 11) is 2.25. The Bertz CT molecular complexity index is 3440. The lowest BCUT2D eigenvalue weighted by Gasteiger charge is -2.37. The molecule has 11 rings (SSSR count). The van der Waals surface area contributed by atoms with Gasteiger partial charge in [0.1, 0.15) is 0 Å². The van der Waals surface area contributed by atoms with Gasteiger partial charge in [-0.3, -0.25) is 4.99 Å². The highest BCUT2D eigenvalue weighted by Gasteiger charge is 2.30. The summed E-state index contributed by atoms with van der Waals surface area (Å²) in [6, 6.07) is 91.6. The van der Waals surface area contributed by atoms with Crippen LogP contribution in [0.4, 0.5) is 11.4 Å². The van der Waals surface area contributed by atoms with Crippen LogP contribution >= 0.6 is 0 Å². The number of rotatable bonds is 12. The molecule has 69 heavy (non-hydrogen) atoms. The molecular formula is C66H51N3. The van der Waals surface area contributed by atoms with Crippen molar-refractivity contribution in [1.29, 1.82) is 0 Å². The van der Waals surface area contributed by atoms with Crippen LogP contribution in [0.1, 0.15) is 39.4 Å². The van der Waals surface area contributed by atoms with Gasteiger partial charge in [0, 0.05) is 41.4 Å². The minimum atomic E-state index is 0.00737. The lowest BCUT2D eigenvalue weighted by Crippen LogP contribution is -2.27. The SMILES string of the molecule is C=N/C(=C(/c1ccccc1)N(Cc1ccccc1)c1ccc(-c2cc3c(c4ccccc24)N(C)C(c2ccc(-c4ccccc4)cc2)C=C3c2ccc(-c3ccccc3)cc2)cc1)c1ccccc1. The predicted octanol–water partition coefficient (Wildman–Crippen LogP) is 16.7. The molecule has 1 atom stereocenters. The van der Waals surface area contributed by atoms with E-state index in [1.54, 1.807) is 0 Å². The molecule has 0 radical (unpaired) electrons. The van der Waals surface area contributed by atoms with Crippen LogP contribution in [0, 0.1) is 0 Å². The number of fused-ring (bicyclic) bond motifs is 3. The van der Waals surface area contributed by atoms with Crippen LogP contribution in [0.2, 0.25) is 0 Å². The molecule has 1 aliphatic heterocycles. The molecule has 1 unspecified atom stereocenters. The van der Waals surface area contributed by atoms with Gasteiger partial charge in [-0.05, 0) is 92.0 Å². The molecule has 330 valence electrons. The van der Waals surface area contributed by atoms with E-state index < -0.39 is 0 Å². The number of hydrogen-bond donors (Lipinski definition) is 0. The van der Waals surface area contributed by atoms with Crippen molar-refractivity contribution in [2.75, 3.05) is 16.8 Å². The molecule has 10 aromatic carbocycles. The molecule has 0 saturated heterocycles. The van der Waals surface area contributed by atoms with Crippen LogP contribution in [-0.2, 0) is 6.54 Å². The second-order valence-corrected chi connectivity index (χ2v) is 17.6. The molecule has 0 aliphatic carbocycles. The van der Waals surface area contributed by atoms with E-state index in [1.807, 2.05) is 6.07 Å². The first-order valence-corrected chi connectivity index (χ1v) is 23.7. The van der Waals surface area contributed by atoms with E-state index >= 15 is 0 Å². The maximum absolute atomic E-state index is 4.74. The third-order valence-corrected chi connectivity index (χ3v) is 13.5. The predicted molar refractivity (Wildman–Crippen MR) is 293 cm³/mol. The second kappa shape index (κ2) is 19.2. The molecule has 0 bridgehead atoms. The van der Waals surface area contributed by atoms with Gasteiger partial charge >= 0.3 is 0 Å². The highest BCUT2D eigenvalue weighted by molar-refractivity contribution is 6.10. The summed E-state index contributed by atoms with van der Waals surface area (Å²) in [5.41, 5.74) is 19.4. The standard InChI is InChI=1S/C66H51N3/c1-67-64(55-26-14-6-15-27-55)65(56-28-16-7-17-29-56)69(46-47-20-8-3-9-21-47)57-42-40-53(41-43-57)60-44-62-61(52-36-32-50(33-37-52)48-22-10-4-11-23-48)45-63(68(2)66(62)59-31-19-18-30-58(59)60)54-38-34-51(35-39-54)49-24-12-5-13-25-49/h3-45,63H,1,46H2,2H3/b65-64-. The van der Waals surface area contributed by atoms with E-state index in [0.717, 1.165) is 33.8 Å². The average Bonchev–Trinajstić information content (AvgIpc) is 3.43. The van der Waals surface area contributed by atoms with Gasteiger partial charge in [0.15, 0.2) is 0 Å². The van der Waals surface area contributed by atoms with Gasteiger partial charge in [0.2, 0.25) is 0 Å². The fourth-order valence-electron chi connectivity index (χ4n) is 10.0. The lowest BCUT2D eigenvalue weighted by molar-refractivity contribution is 0.805. The summed E-state index contributed by atoms with van der Waals surface area (Å²) >= 11 is 0. The molecule has 0 amide bonds. The van der Waals surface area contributed by atoms with Gasteiger partial charge in [0.25, 0.3) is 0 Å². The van der Waals surface area contributed by atoms with Crippen molar-refractivity contribution in [1.82, 2.24) is 0 Å². The second-order valence-electron chi connectivity index (χ2n) is 17.6. The van der Waals surface area contributed by atoms with Crippen LogP contribution in [0.5, 0.6) is 0 Å². The third kappa shape index (κ3) is 8.59. The highest BCUT2D eigenvalue weighted by atomic mass is 15.2. The zero-order chi connectivity index (χ0) is 46.5. The van der Waals surface area contributed by atoms with Crippen molar-refractivity contribution in [2.24, 2.45) is 4.99 Å². The quantitative estimate of drug-likeness (QED) is 0.0899. The fraction of sp³-hybridized carbons (Fsp3) is 0.0455. The third-order valence-electron chi connectivity index (χ3n) is 13.5. The Labute approximate surface area is 406 Å². The molecule has 0 saturated carbocycles. The topological polar surface area (TPSA) is 18.8 Å². The number of likely N-dealkylation sites (N-methyl/N-ethyl adjacent to an activating group) is 1. The molecule has 10 aromatic rings. The number of benzene rings is 10. The van der Waals surface area contributed by atoms with Crippen molar-refractivity contribution >= 4 is 45.8 Å². The average molecular weight is 886 g/mol. The summed E-state index contributed by atoms with van der Waals surface area (Å²) in [4.78, 5) is 9.60. The summed E-state index contributed by atoms with van der Waals surface area (Å²) in [5.74, 6) is 0. The minimum absolute atomic E-state index is 0.00737. The molecule has 1 aliphatic rings. The normalized spacial score (nSPS) is 13.6.